The van der Waals surface area contributed by atoms with Gasteiger partial charge in [-0.25, -0.2) is 4.79 Å². The van der Waals surface area contributed by atoms with E-state index in [9.17, 15) is 14.4 Å². The van der Waals surface area contributed by atoms with Gasteiger partial charge in [-0.1, -0.05) is 42.5 Å². The number of methoxy groups -OCH3 is 1. The minimum absolute atomic E-state index is 0.164. The number of alkyl carbamates (subject to hydrolysis) is 1. The lowest BCUT2D eigenvalue weighted by molar-refractivity contribution is -0.145. The molecule has 1 aromatic carbocycles. The summed E-state index contributed by atoms with van der Waals surface area (Å²) in [5.74, 6) is 0.198. The Morgan fingerprint density at radius 3 is 2.33 bits per heavy atom. The molecule has 0 radical (unpaired) electrons. The first kappa shape index (κ1) is 28.4. The van der Waals surface area contributed by atoms with Crippen molar-refractivity contribution in [3.8, 4) is 5.75 Å². The summed E-state index contributed by atoms with van der Waals surface area (Å²) in [6.07, 6.45) is 12.6. The van der Waals surface area contributed by atoms with Crippen molar-refractivity contribution in [3.63, 3.8) is 0 Å². The van der Waals surface area contributed by atoms with Crippen molar-refractivity contribution in [1.82, 2.24) is 10.2 Å². The van der Waals surface area contributed by atoms with Gasteiger partial charge in [0.25, 0.3) is 5.91 Å². The Morgan fingerprint density at radius 1 is 0.944 bits per heavy atom. The minimum Gasteiger partial charge on any atom is -0.497 e. The van der Waals surface area contributed by atoms with Gasteiger partial charge in [-0.2, -0.15) is 0 Å². The second-order valence-electron chi connectivity index (χ2n) is 9.08. The first-order valence-corrected chi connectivity index (χ1v) is 11.9. The molecule has 8 nitrogen and oxygen atoms in total. The summed E-state index contributed by atoms with van der Waals surface area (Å²) >= 11 is 0. The molecule has 0 saturated heterocycles. The molecule has 1 N–H and O–H groups in total. The lowest BCUT2D eigenvalue weighted by Crippen LogP contribution is -2.41. The van der Waals surface area contributed by atoms with Gasteiger partial charge in [0.15, 0.2) is 0 Å². The van der Waals surface area contributed by atoms with Gasteiger partial charge < -0.3 is 24.4 Å². The van der Waals surface area contributed by atoms with Crippen LogP contribution in [0.2, 0.25) is 0 Å². The highest BCUT2D eigenvalue weighted by molar-refractivity contribution is 5.96. The lowest BCUT2D eigenvalue weighted by Gasteiger charge is -2.24. The van der Waals surface area contributed by atoms with Gasteiger partial charge in [0.1, 0.15) is 18.0 Å². The monoisotopic (exact) mass is 496 g/mol. The molecule has 0 aromatic heterocycles. The minimum atomic E-state index is -0.611. The van der Waals surface area contributed by atoms with Crippen LogP contribution in [0.25, 0.3) is 0 Å². The normalized spacial score (nSPS) is 16.8. The van der Waals surface area contributed by atoms with E-state index in [1.807, 2.05) is 42.5 Å². The number of hydrogen-bond acceptors (Lipinski definition) is 6. The van der Waals surface area contributed by atoms with Crippen LogP contribution in [0, 0.1) is 0 Å². The molecule has 0 spiro atoms. The van der Waals surface area contributed by atoms with Gasteiger partial charge in [0, 0.05) is 31.6 Å². The summed E-state index contributed by atoms with van der Waals surface area (Å²) in [5.41, 5.74) is 0.759. The number of hydrogen-bond donors (Lipinski definition) is 1. The van der Waals surface area contributed by atoms with Crippen molar-refractivity contribution in [1.29, 1.82) is 0 Å². The van der Waals surface area contributed by atoms with Crippen LogP contribution in [0.4, 0.5) is 4.79 Å². The average Bonchev–Trinajstić information content (AvgIpc) is 2.80. The Hall–Kier alpha value is -3.81. The number of nitrogens with zero attached hydrogens (tertiary/aromatic N) is 1. The number of amides is 2. The quantitative estimate of drug-likeness (QED) is 0.454. The number of carbonyl (C=O) groups excluding carboxylic acids is 3. The summed E-state index contributed by atoms with van der Waals surface area (Å²) in [6, 6.07) is 7.29. The second kappa shape index (κ2) is 14.6. The summed E-state index contributed by atoms with van der Waals surface area (Å²) < 4.78 is 15.7. The molecule has 2 rings (SSSR count). The predicted octanol–water partition coefficient (Wildman–Crippen LogP) is 4.48. The van der Waals surface area contributed by atoms with Crippen LogP contribution in [0.1, 0.15) is 39.2 Å². The van der Waals surface area contributed by atoms with Crippen molar-refractivity contribution in [3.05, 3.63) is 77.9 Å². The number of benzene rings is 1. The van der Waals surface area contributed by atoms with E-state index in [-0.39, 0.29) is 38.0 Å². The van der Waals surface area contributed by atoms with Gasteiger partial charge >= 0.3 is 12.1 Å². The van der Waals surface area contributed by atoms with E-state index >= 15 is 0 Å². The van der Waals surface area contributed by atoms with E-state index in [4.69, 9.17) is 14.2 Å². The summed E-state index contributed by atoms with van der Waals surface area (Å²) in [7, 11) is 1.59. The fourth-order valence-corrected chi connectivity index (χ4v) is 3.19. The van der Waals surface area contributed by atoms with Crippen molar-refractivity contribution in [2.75, 3.05) is 26.7 Å². The number of ether oxygens (including phenoxy) is 3. The SMILES string of the molecule is COc1ccc(COC(=O)CCCN(CCNC(=O)OC(C)(C)C)C(=O)C2=C/C=C\C=C/C=C\2)cc1. The number of carbonyl (C=O) groups is 3. The Labute approximate surface area is 213 Å². The van der Waals surface area contributed by atoms with Gasteiger partial charge in [-0.3, -0.25) is 9.59 Å². The predicted molar refractivity (Wildman–Crippen MR) is 138 cm³/mol. The van der Waals surface area contributed by atoms with Crippen molar-refractivity contribution in [2.45, 2.75) is 45.8 Å². The van der Waals surface area contributed by atoms with E-state index in [2.05, 4.69) is 5.32 Å². The second-order valence-corrected chi connectivity index (χ2v) is 9.08. The Kier molecular flexibility index (Phi) is 11.5. The molecule has 1 aliphatic carbocycles. The van der Waals surface area contributed by atoms with Crippen LogP contribution in [0.5, 0.6) is 5.75 Å². The zero-order valence-corrected chi connectivity index (χ0v) is 21.5. The third kappa shape index (κ3) is 11.1. The van der Waals surface area contributed by atoms with Crippen LogP contribution in [-0.2, 0) is 25.7 Å². The highest BCUT2D eigenvalue weighted by Crippen LogP contribution is 2.13. The third-order valence-corrected chi connectivity index (χ3v) is 4.95. The van der Waals surface area contributed by atoms with Gasteiger partial charge in [0.2, 0.25) is 0 Å². The molecule has 0 bridgehead atoms. The maximum atomic E-state index is 13.2. The maximum absolute atomic E-state index is 13.2. The molecule has 0 unspecified atom stereocenters. The van der Waals surface area contributed by atoms with Crippen LogP contribution < -0.4 is 10.1 Å². The van der Waals surface area contributed by atoms with Gasteiger partial charge in [-0.05, 0) is 57.0 Å². The summed E-state index contributed by atoms with van der Waals surface area (Å²) in [6.45, 7) is 6.33. The van der Waals surface area contributed by atoms with Gasteiger partial charge in [-0.15, -0.1) is 0 Å². The molecule has 2 amide bonds. The number of esters is 1. The standard InChI is InChI=1S/C28H36N2O6/c1-28(2,3)36-27(33)29-18-20-30(26(32)23-11-8-6-5-7-9-12-23)19-10-13-25(31)35-21-22-14-16-24(34-4)17-15-22/h5-9,11-12,14-17H,10,13,18-21H2,1-4H3,(H,29,33)/b6-5-,7-5?,8-6?,9-7-,11-8-,12-9?,23-11?,23-12+. The third-order valence-electron chi connectivity index (χ3n) is 4.95. The molecule has 0 fully saturated rings. The van der Waals surface area contributed by atoms with E-state index in [1.165, 1.54) is 0 Å². The number of allylic oxidation sites excluding steroid dienone is 6. The molecule has 0 aliphatic heterocycles. The van der Waals surface area contributed by atoms with Crippen molar-refractivity contribution >= 4 is 18.0 Å². The molecule has 8 heteroatoms. The highest BCUT2D eigenvalue weighted by Gasteiger charge is 2.19. The highest BCUT2D eigenvalue weighted by atomic mass is 16.6. The van der Waals surface area contributed by atoms with Crippen molar-refractivity contribution < 1.29 is 28.6 Å². The Bertz CT molecular complexity index is 1000. The fourth-order valence-electron chi connectivity index (χ4n) is 3.19. The summed E-state index contributed by atoms with van der Waals surface area (Å²) in [4.78, 5) is 39.0. The first-order valence-electron chi connectivity index (χ1n) is 11.9. The molecule has 1 aliphatic rings. The molecule has 1 aromatic rings. The smallest absolute Gasteiger partial charge is 0.407 e. The van der Waals surface area contributed by atoms with Crippen LogP contribution in [0.15, 0.2) is 72.4 Å². The Morgan fingerprint density at radius 2 is 1.64 bits per heavy atom. The molecule has 194 valence electrons. The van der Waals surface area contributed by atoms with E-state index < -0.39 is 11.7 Å². The topological polar surface area (TPSA) is 94.2 Å². The molecule has 36 heavy (non-hydrogen) atoms. The van der Waals surface area contributed by atoms with E-state index in [1.54, 1.807) is 57.1 Å². The summed E-state index contributed by atoms with van der Waals surface area (Å²) in [5, 5.41) is 2.68. The van der Waals surface area contributed by atoms with Crippen LogP contribution >= 0.6 is 0 Å². The van der Waals surface area contributed by atoms with E-state index in [0.29, 0.717) is 18.5 Å². The first-order chi connectivity index (χ1) is 17.2. The van der Waals surface area contributed by atoms with Gasteiger partial charge in [0.05, 0.1) is 7.11 Å². The van der Waals surface area contributed by atoms with E-state index in [0.717, 1.165) is 11.3 Å². The Balaban J connectivity index is 1.90. The molecular formula is C28H36N2O6. The average molecular weight is 497 g/mol. The largest absolute Gasteiger partial charge is 0.497 e. The molecule has 0 heterocycles. The molecule has 0 saturated carbocycles. The zero-order chi connectivity index (χ0) is 26.4. The zero-order valence-electron chi connectivity index (χ0n) is 21.5. The van der Waals surface area contributed by atoms with Crippen molar-refractivity contribution in [2.24, 2.45) is 0 Å². The fraction of sp³-hybridized carbons (Fsp3) is 0.393. The van der Waals surface area contributed by atoms with Crippen LogP contribution in [-0.4, -0.2) is 55.2 Å². The lowest BCUT2D eigenvalue weighted by atomic mass is 10.1. The molecular weight excluding hydrogens is 460 g/mol. The number of nitrogens with one attached hydrogen (secondary N) is 1. The maximum Gasteiger partial charge on any atom is 0.407 e. The molecule has 0 atom stereocenters. The number of rotatable bonds is 11. The van der Waals surface area contributed by atoms with Crippen LogP contribution in [0.3, 0.4) is 0 Å².